The van der Waals surface area contributed by atoms with E-state index >= 15 is 0 Å². The average Bonchev–Trinajstić information content (AvgIpc) is 2.21. The summed E-state index contributed by atoms with van der Waals surface area (Å²) in [6.07, 6.45) is 9.82. The van der Waals surface area contributed by atoms with Gasteiger partial charge in [0.15, 0.2) is 0 Å². The largest absolute Gasteiger partial charge is 0.261 e. The first-order valence-corrected chi connectivity index (χ1v) is 3.49. The van der Waals surface area contributed by atoms with Crippen molar-refractivity contribution in [1.29, 1.82) is 0 Å². The van der Waals surface area contributed by atoms with E-state index in [1.165, 1.54) is 0 Å². The molecule has 6 heteroatoms. The summed E-state index contributed by atoms with van der Waals surface area (Å²) in [4.78, 5) is 16.0. The molecule has 74 valence electrons. The average molecular weight is 231 g/mol. The molecule has 4 nitrogen and oxygen atoms in total. The zero-order valence-corrected chi connectivity index (χ0v) is 8.70. The van der Waals surface area contributed by atoms with Crippen molar-refractivity contribution in [3.8, 4) is 11.4 Å². The van der Waals surface area contributed by atoms with Crippen molar-refractivity contribution in [2.24, 2.45) is 0 Å². The summed E-state index contributed by atoms with van der Waals surface area (Å²) in [6.45, 7) is 0. The molecule has 0 amide bonds. The van der Waals surface area contributed by atoms with E-state index in [-0.39, 0.29) is 24.8 Å². The molecule has 0 aromatic carbocycles. The third-order valence-electron chi connectivity index (χ3n) is 1.39. The second-order valence-electron chi connectivity index (χ2n) is 2.18. The van der Waals surface area contributed by atoms with Gasteiger partial charge in [-0.3, -0.25) is 19.9 Å². The van der Waals surface area contributed by atoms with Crippen LogP contribution in [0.1, 0.15) is 0 Å². The van der Waals surface area contributed by atoms with E-state index < -0.39 is 0 Å². The van der Waals surface area contributed by atoms with E-state index in [9.17, 15) is 0 Å². The van der Waals surface area contributed by atoms with Crippen LogP contribution in [0.3, 0.4) is 0 Å². The summed E-state index contributed by atoms with van der Waals surface area (Å²) < 4.78 is 0. The van der Waals surface area contributed by atoms with E-state index in [2.05, 4.69) is 19.9 Å². The van der Waals surface area contributed by atoms with E-state index in [1.54, 1.807) is 37.2 Å². The van der Waals surface area contributed by atoms with Crippen LogP contribution in [0.15, 0.2) is 37.2 Å². The maximum atomic E-state index is 4.08. The molecule has 0 spiro atoms. The Morgan fingerprint density at radius 1 is 0.643 bits per heavy atom. The lowest BCUT2D eigenvalue weighted by Gasteiger charge is -1.95. The van der Waals surface area contributed by atoms with Gasteiger partial charge in [-0.2, -0.15) is 0 Å². The van der Waals surface area contributed by atoms with Crippen molar-refractivity contribution in [3.05, 3.63) is 37.2 Å². The molecule has 0 aliphatic rings. The number of hydrogen-bond donors (Lipinski definition) is 0. The van der Waals surface area contributed by atoms with Gasteiger partial charge in [-0.1, -0.05) is 0 Å². The summed E-state index contributed by atoms with van der Waals surface area (Å²) in [5, 5.41) is 0. The highest BCUT2D eigenvalue weighted by atomic mass is 35.5. The molecular formula is C8H8Cl2N4. The molecule has 2 aromatic rings. The Hall–Kier alpha value is -1.26. The smallest absolute Gasteiger partial charge is 0.108 e. The van der Waals surface area contributed by atoms with Crippen molar-refractivity contribution in [1.82, 2.24) is 19.9 Å². The SMILES string of the molecule is Cl.Cl.c1cnc(-c2cnccn2)cn1. The van der Waals surface area contributed by atoms with Gasteiger partial charge in [0, 0.05) is 24.8 Å². The molecule has 0 atom stereocenters. The lowest BCUT2D eigenvalue weighted by atomic mass is 10.3. The van der Waals surface area contributed by atoms with E-state index in [1.807, 2.05) is 0 Å². The highest BCUT2D eigenvalue weighted by Gasteiger charge is 1.97. The number of hydrogen-bond acceptors (Lipinski definition) is 4. The van der Waals surface area contributed by atoms with E-state index in [0.29, 0.717) is 0 Å². The van der Waals surface area contributed by atoms with Gasteiger partial charge in [0.05, 0.1) is 12.4 Å². The van der Waals surface area contributed by atoms with Gasteiger partial charge in [0.25, 0.3) is 0 Å². The van der Waals surface area contributed by atoms with Crippen LogP contribution in [0.4, 0.5) is 0 Å². The number of rotatable bonds is 1. The quantitative estimate of drug-likeness (QED) is 0.750. The van der Waals surface area contributed by atoms with Crippen LogP contribution in [-0.2, 0) is 0 Å². The maximum Gasteiger partial charge on any atom is 0.108 e. The van der Waals surface area contributed by atoms with Gasteiger partial charge < -0.3 is 0 Å². The molecule has 0 unspecified atom stereocenters. The minimum absolute atomic E-state index is 0. The molecule has 0 N–H and O–H groups in total. The van der Waals surface area contributed by atoms with Crippen LogP contribution in [0.5, 0.6) is 0 Å². The van der Waals surface area contributed by atoms with Crippen molar-refractivity contribution in [2.45, 2.75) is 0 Å². The molecule has 0 bridgehead atoms. The minimum atomic E-state index is 0. The minimum Gasteiger partial charge on any atom is -0.261 e. The van der Waals surface area contributed by atoms with Gasteiger partial charge in [-0.25, -0.2) is 0 Å². The summed E-state index contributed by atoms with van der Waals surface area (Å²) in [5.74, 6) is 0. The van der Waals surface area contributed by atoms with Crippen molar-refractivity contribution in [3.63, 3.8) is 0 Å². The van der Waals surface area contributed by atoms with Crippen LogP contribution in [-0.4, -0.2) is 19.9 Å². The van der Waals surface area contributed by atoms with Crippen LogP contribution in [0, 0.1) is 0 Å². The Labute approximate surface area is 93.7 Å². The fraction of sp³-hybridized carbons (Fsp3) is 0. The number of nitrogens with zero attached hydrogens (tertiary/aromatic N) is 4. The molecule has 14 heavy (non-hydrogen) atoms. The third-order valence-corrected chi connectivity index (χ3v) is 1.39. The highest BCUT2D eigenvalue weighted by Crippen LogP contribution is 2.08. The lowest BCUT2D eigenvalue weighted by Crippen LogP contribution is -1.87. The van der Waals surface area contributed by atoms with Crippen LogP contribution >= 0.6 is 24.8 Å². The first-order chi connectivity index (χ1) is 5.97. The molecule has 2 rings (SSSR count). The van der Waals surface area contributed by atoms with Crippen LogP contribution in [0.2, 0.25) is 0 Å². The molecule has 0 radical (unpaired) electrons. The van der Waals surface area contributed by atoms with Gasteiger partial charge >= 0.3 is 0 Å². The number of aromatic nitrogens is 4. The molecule has 0 saturated heterocycles. The molecule has 2 heterocycles. The number of halogens is 2. The molecule has 0 fully saturated rings. The third kappa shape index (κ3) is 2.90. The Morgan fingerprint density at radius 3 is 1.36 bits per heavy atom. The van der Waals surface area contributed by atoms with Crippen LogP contribution in [0.25, 0.3) is 11.4 Å². The molecule has 0 saturated carbocycles. The van der Waals surface area contributed by atoms with Crippen molar-refractivity contribution >= 4 is 24.8 Å². The Bertz CT molecular complexity index is 317. The van der Waals surface area contributed by atoms with Crippen molar-refractivity contribution in [2.75, 3.05) is 0 Å². The fourth-order valence-corrected chi connectivity index (χ4v) is 0.863. The standard InChI is InChI=1S/C8H6N4.2ClH/c1-3-11-7(5-9-1)8-6-10-2-4-12-8;;/h1-6H;2*1H. The monoisotopic (exact) mass is 230 g/mol. The molecule has 0 aliphatic carbocycles. The predicted octanol–water partition coefficient (Wildman–Crippen LogP) is 1.78. The normalized spacial score (nSPS) is 8.29. The Kier molecular flexibility index (Phi) is 5.67. The van der Waals surface area contributed by atoms with Gasteiger partial charge in [0.1, 0.15) is 11.4 Å². The zero-order valence-electron chi connectivity index (χ0n) is 7.07. The van der Waals surface area contributed by atoms with E-state index in [0.717, 1.165) is 11.4 Å². The summed E-state index contributed by atoms with van der Waals surface area (Å²) in [6, 6.07) is 0. The Morgan fingerprint density at radius 2 is 1.07 bits per heavy atom. The highest BCUT2D eigenvalue weighted by molar-refractivity contribution is 5.85. The molecule has 2 aromatic heterocycles. The first kappa shape index (κ1) is 12.7. The van der Waals surface area contributed by atoms with Crippen LogP contribution < -0.4 is 0 Å². The lowest BCUT2D eigenvalue weighted by molar-refractivity contribution is 1.14. The second kappa shape index (κ2) is 6.23. The molecular weight excluding hydrogens is 223 g/mol. The maximum absolute atomic E-state index is 4.08. The summed E-state index contributed by atoms with van der Waals surface area (Å²) >= 11 is 0. The summed E-state index contributed by atoms with van der Waals surface area (Å²) in [5.41, 5.74) is 1.48. The second-order valence-corrected chi connectivity index (χ2v) is 2.18. The molecule has 0 aliphatic heterocycles. The van der Waals surface area contributed by atoms with Gasteiger partial charge in [0.2, 0.25) is 0 Å². The fourth-order valence-electron chi connectivity index (χ4n) is 0.863. The Balaban J connectivity index is 0.000000845. The summed E-state index contributed by atoms with van der Waals surface area (Å²) in [7, 11) is 0. The van der Waals surface area contributed by atoms with Crippen molar-refractivity contribution < 1.29 is 0 Å². The van der Waals surface area contributed by atoms with Gasteiger partial charge in [-0.05, 0) is 0 Å². The zero-order chi connectivity index (χ0) is 8.23. The topological polar surface area (TPSA) is 51.6 Å². The first-order valence-electron chi connectivity index (χ1n) is 3.49. The van der Waals surface area contributed by atoms with Gasteiger partial charge in [-0.15, -0.1) is 24.8 Å². The van der Waals surface area contributed by atoms with E-state index in [4.69, 9.17) is 0 Å². The predicted molar refractivity (Wildman–Crippen MR) is 57.6 cm³/mol.